The van der Waals surface area contributed by atoms with Crippen molar-refractivity contribution >= 4 is 23.5 Å². The van der Waals surface area contributed by atoms with Crippen molar-refractivity contribution in [3.8, 4) is 0 Å². The van der Waals surface area contributed by atoms with Crippen LogP contribution in [0.4, 0.5) is 0 Å². The quantitative estimate of drug-likeness (QED) is 0.839. The SMILES string of the molecule is C[C@@H](OC(=O)c1cccc(Cl)c1)C(=O)N[C@H]1CCCc2ccccc21. The van der Waals surface area contributed by atoms with Gasteiger partial charge in [-0.25, -0.2) is 4.79 Å². The first-order valence-electron chi connectivity index (χ1n) is 8.39. The van der Waals surface area contributed by atoms with Crippen LogP contribution in [-0.4, -0.2) is 18.0 Å². The van der Waals surface area contributed by atoms with Crippen LogP contribution in [0.15, 0.2) is 48.5 Å². The standard InChI is InChI=1S/C20H20ClNO3/c1-13(25-20(24)15-8-4-9-16(21)12-15)19(23)22-18-11-5-7-14-6-2-3-10-17(14)18/h2-4,6,8-10,12-13,18H,5,7,11H2,1H3,(H,22,23)/t13-,18+/m1/s1. The van der Waals surface area contributed by atoms with Gasteiger partial charge < -0.3 is 10.1 Å². The Labute approximate surface area is 152 Å². The van der Waals surface area contributed by atoms with Gasteiger partial charge >= 0.3 is 5.97 Å². The summed E-state index contributed by atoms with van der Waals surface area (Å²) in [4.78, 5) is 24.6. The van der Waals surface area contributed by atoms with Crippen LogP contribution < -0.4 is 5.32 Å². The molecule has 0 aliphatic heterocycles. The van der Waals surface area contributed by atoms with Crippen molar-refractivity contribution in [2.75, 3.05) is 0 Å². The zero-order valence-electron chi connectivity index (χ0n) is 14.0. The number of amides is 1. The Morgan fingerprint density at radius 2 is 2.00 bits per heavy atom. The predicted molar refractivity (Wildman–Crippen MR) is 96.6 cm³/mol. The third kappa shape index (κ3) is 4.20. The molecule has 3 rings (SSSR count). The second-order valence-corrected chi connectivity index (χ2v) is 6.65. The summed E-state index contributed by atoms with van der Waals surface area (Å²) in [5, 5.41) is 3.45. The van der Waals surface area contributed by atoms with Crippen LogP contribution in [0.1, 0.15) is 47.3 Å². The molecule has 0 saturated carbocycles. The fourth-order valence-electron chi connectivity index (χ4n) is 3.09. The van der Waals surface area contributed by atoms with Gasteiger partial charge in [-0.2, -0.15) is 0 Å². The Bertz CT molecular complexity index is 790. The van der Waals surface area contributed by atoms with Crippen molar-refractivity contribution in [3.63, 3.8) is 0 Å². The third-order valence-corrected chi connectivity index (χ3v) is 4.63. The van der Waals surface area contributed by atoms with Crippen LogP contribution in [0.2, 0.25) is 5.02 Å². The molecule has 0 aromatic heterocycles. The molecule has 0 saturated heterocycles. The van der Waals surface area contributed by atoms with Crippen LogP contribution in [-0.2, 0) is 16.0 Å². The molecule has 4 nitrogen and oxygen atoms in total. The van der Waals surface area contributed by atoms with Gasteiger partial charge in [0, 0.05) is 5.02 Å². The number of carbonyl (C=O) groups excluding carboxylic acids is 2. The minimum Gasteiger partial charge on any atom is -0.449 e. The van der Waals surface area contributed by atoms with E-state index in [1.807, 2.05) is 18.2 Å². The highest BCUT2D eigenvalue weighted by Crippen LogP contribution is 2.29. The molecule has 1 aliphatic rings. The zero-order valence-corrected chi connectivity index (χ0v) is 14.8. The van der Waals surface area contributed by atoms with Crippen LogP contribution in [0.5, 0.6) is 0 Å². The number of esters is 1. The molecule has 5 heteroatoms. The molecule has 0 fully saturated rings. The molecule has 1 N–H and O–H groups in total. The van der Waals surface area contributed by atoms with E-state index in [2.05, 4.69) is 11.4 Å². The van der Waals surface area contributed by atoms with Gasteiger partial charge in [-0.1, -0.05) is 41.9 Å². The molecular weight excluding hydrogens is 338 g/mol. The van der Waals surface area contributed by atoms with Crippen LogP contribution >= 0.6 is 11.6 Å². The van der Waals surface area contributed by atoms with Gasteiger partial charge in [-0.3, -0.25) is 4.79 Å². The summed E-state index contributed by atoms with van der Waals surface area (Å²) >= 11 is 5.88. The van der Waals surface area contributed by atoms with Crippen molar-refractivity contribution in [2.24, 2.45) is 0 Å². The Morgan fingerprint density at radius 3 is 2.80 bits per heavy atom. The lowest BCUT2D eigenvalue weighted by Gasteiger charge is -2.27. The normalized spacial score (nSPS) is 17.3. The fourth-order valence-corrected chi connectivity index (χ4v) is 3.28. The highest BCUT2D eigenvalue weighted by atomic mass is 35.5. The lowest BCUT2D eigenvalue weighted by atomic mass is 9.87. The predicted octanol–water partition coefficient (Wildman–Crippen LogP) is 4.08. The zero-order chi connectivity index (χ0) is 17.8. The molecule has 0 heterocycles. The van der Waals surface area contributed by atoms with E-state index in [0.29, 0.717) is 10.6 Å². The molecule has 1 amide bonds. The van der Waals surface area contributed by atoms with Crippen molar-refractivity contribution in [2.45, 2.75) is 38.3 Å². The summed E-state index contributed by atoms with van der Waals surface area (Å²) in [5.74, 6) is -0.855. The Balaban J connectivity index is 1.63. The molecule has 0 spiro atoms. The smallest absolute Gasteiger partial charge is 0.338 e. The molecule has 2 aromatic rings. The molecule has 130 valence electrons. The molecule has 1 aliphatic carbocycles. The van der Waals surface area contributed by atoms with E-state index in [1.165, 1.54) is 11.6 Å². The maximum Gasteiger partial charge on any atom is 0.338 e. The molecule has 0 unspecified atom stereocenters. The maximum atomic E-state index is 12.4. The van der Waals surface area contributed by atoms with Crippen molar-refractivity contribution < 1.29 is 14.3 Å². The van der Waals surface area contributed by atoms with E-state index in [-0.39, 0.29) is 11.9 Å². The lowest BCUT2D eigenvalue weighted by molar-refractivity contribution is -0.130. The number of hydrogen-bond donors (Lipinski definition) is 1. The summed E-state index contributed by atoms with van der Waals surface area (Å²) in [6.07, 6.45) is 2.07. The highest BCUT2D eigenvalue weighted by molar-refractivity contribution is 6.30. The van der Waals surface area contributed by atoms with Crippen molar-refractivity contribution in [1.82, 2.24) is 5.32 Å². The van der Waals surface area contributed by atoms with Gasteiger partial charge in [-0.15, -0.1) is 0 Å². The number of aryl methyl sites for hydroxylation is 1. The average Bonchev–Trinajstić information content (AvgIpc) is 2.62. The first-order chi connectivity index (χ1) is 12.0. The van der Waals surface area contributed by atoms with Gasteiger partial charge in [0.2, 0.25) is 0 Å². The third-order valence-electron chi connectivity index (χ3n) is 4.40. The Morgan fingerprint density at radius 1 is 1.20 bits per heavy atom. The summed E-state index contributed by atoms with van der Waals surface area (Å²) in [6, 6.07) is 14.6. The van der Waals surface area contributed by atoms with E-state index in [9.17, 15) is 9.59 Å². The number of ether oxygens (including phenoxy) is 1. The molecule has 0 radical (unpaired) electrons. The van der Waals surface area contributed by atoms with E-state index >= 15 is 0 Å². The van der Waals surface area contributed by atoms with Gasteiger partial charge in [0.1, 0.15) is 0 Å². The Kier molecular flexibility index (Phi) is 5.39. The van der Waals surface area contributed by atoms with E-state index in [4.69, 9.17) is 16.3 Å². The lowest BCUT2D eigenvalue weighted by Crippen LogP contribution is -2.39. The Hall–Kier alpha value is -2.33. The van der Waals surface area contributed by atoms with Crippen LogP contribution in [0.3, 0.4) is 0 Å². The minimum absolute atomic E-state index is 0.0372. The van der Waals surface area contributed by atoms with Crippen LogP contribution in [0, 0.1) is 0 Å². The molecule has 2 atom stereocenters. The fraction of sp³-hybridized carbons (Fsp3) is 0.300. The summed E-state index contributed by atoms with van der Waals surface area (Å²) in [6.45, 7) is 1.58. The first kappa shape index (κ1) is 17.5. The van der Waals surface area contributed by atoms with Gasteiger partial charge in [0.05, 0.1) is 11.6 Å². The first-order valence-corrected chi connectivity index (χ1v) is 8.77. The number of nitrogens with one attached hydrogen (secondary N) is 1. The topological polar surface area (TPSA) is 55.4 Å². The number of rotatable bonds is 4. The number of halogens is 1. The number of benzene rings is 2. The second-order valence-electron chi connectivity index (χ2n) is 6.21. The average molecular weight is 358 g/mol. The van der Waals surface area contributed by atoms with Gasteiger partial charge in [-0.05, 0) is 55.5 Å². The number of carbonyl (C=O) groups is 2. The summed E-state index contributed by atoms with van der Waals surface area (Å²) in [7, 11) is 0. The van der Waals surface area contributed by atoms with E-state index in [0.717, 1.165) is 24.8 Å². The largest absolute Gasteiger partial charge is 0.449 e. The summed E-state index contributed by atoms with van der Waals surface area (Å²) in [5.41, 5.74) is 2.74. The van der Waals surface area contributed by atoms with Crippen molar-refractivity contribution in [1.29, 1.82) is 0 Å². The van der Waals surface area contributed by atoms with Crippen molar-refractivity contribution in [3.05, 3.63) is 70.2 Å². The molecule has 2 aromatic carbocycles. The monoisotopic (exact) mass is 357 g/mol. The minimum atomic E-state index is -0.874. The van der Waals surface area contributed by atoms with Crippen LogP contribution in [0.25, 0.3) is 0 Å². The van der Waals surface area contributed by atoms with E-state index < -0.39 is 12.1 Å². The molecular formula is C20H20ClNO3. The maximum absolute atomic E-state index is 12.4. The second kappa shape index (κ2) is 7.70. The molecule has 25 heavy (non-hydrogen) atoms. The van der Waals surface area contributed by atoms with E-state index in [1.54, 1.807) is 25.1 Å². The van der Waals surface area contributed by atoms with Gasteiger partial charge in [0.15, 0.2) is 6.10 Å². The number of hydrogen-bond acceptors (Lipinski definition) is 3. The summed E-state index contributed by atoms with van der Waals surface area (Å²) < 4.78 is 5.27. The number of fused-ring (bicyclic) bond motifs is 1. The highest BCUT2D eigenvalue weighted by Gasteiger charge is 2.25. The van der Waals surface area contributed by atoms with Gasteiger partial charge in [0.25, 0.3) is 5.91 Å². The molecule has 0 bridgehead atoms.